The van der Waals surface area contributed by atoms with Crippen LogP contribution in [0.3, 0.4) is 0 Å². The lowest BCUT2D eigenvalue weighted by atomic mass is 10.0. The molecule has 0 bridgehead atoms. The first-order chi connectivity index (χ1) is 12.8. The number of fused-ring (bicyclic) bond motifs is 2. The van der Waals surface area contributed by atoms with Gasteiger partial charge in [0.25, 0.3) is 0 Å². The predicted molar refractivity (Wildman–Crippen MR) is 109 cm³/mol. The third-order valence-corrected chi connectivity index (χ3v) is 5.40. The third-order valence-electron chi connectivity index (χ3n) is 4.44. The van der Waals surface area contributed by atoms with Crippen LogP contribution in [0.25, 0.3) is 32.1 Å². The van der Waals surface area contributed by atoms with Gasteiger partial charge in [-0.1, -0.05) is 42.5 Å². The molecule has 3 heterocycles. The predicted octanol–water partition coefficient (Wildman–Crippen LogP) is 5.89. The average Bonchev–Trinajstić information content (AvgIpc) is 3.27. The first kappa shape index (κ1) is 15.1. The van der Waals surface area contributed by atoms with Crippen LogP contribution in [0.4, 0.5) is 11.6 Å². The van der Waals surface area contributed by atoms with Crippen LogP contribution in [0.1, 0.15) is 5.69 Å². The zero-order valence-corrected chi connectivity index (χ0v) is 15.0. The van der Waals surface area contributed by atoms with Crippen molar-refractivity contribution in [3.8, 4) is 11.3 Å². The quantitative estimate of drug-likeness (QED) is 0.424. The van der Waals surface area contributed by atoms with Crippen LogP contribution in [0.2, 0.25) is 0 Å². The van der Waals surface area contributed by atoms with Gasteiger partial charge in [0, 0.05) is 38.2 Å². The van der Waals surface area contributed by atoms with E-state index in [-0.39, 0.29) is 0 Å². The summed E-state index contributed by atoms with van der Waals surface area (Å²) in [6.45, 7) is 1.98. The molecule has 0 amide bonds. The molecule has 126 valence electrons. The number of H-pyrrole nitrogens is 1. The van der Waals surface area contributed by atoms with E-state index in [1.807, 2.05) is 13.0 Å². The summed E-state index contributed by atoms with van der Waals surface area (Å²) in [7, 11) is 0. The first-order valence-corrected chi connectivity index (χ1v) is 9.31. The lowest BCUT2D eigenvalue weighted by Crippen LogP contribution is -1.96. The Balaban J connectivity index is 1.72. The van der Waals surface area contributed by atoms with Gasteiger partial charge in [-0.25, -0.2) is 4.98 Å². The van der Waals surface area contributed by atoms with Crippen molar-refractivity contribution in [1.29, 1.82) is 0 Å². The number of nitrogens with one attached hydrogen (secondary N) is 2. The number of thiophene rings is 1. The highest BCUT2D eigenvalue weighted by atomic mass is 32.1. The lowest BCUT2D eigenvalue weighted by Gasteiger charge is -2.10. The van der Waals surface area contributed by atoms with Gasteiger partial charge in [0.05, 0.1) is 5.69 Å². The minimum Gasteiger partial charge on any atom is -0.323 e. The highest BCUT2D eigenvalue weighted by Crippen LogP contribution is 2.37. The molecule has 0 atom stereocenters. The number of pyridine rings is 1. The Morgan fingerprint density at radius 1 is 0.923 bits per heavy atom. The largest absolute Gasteiger partial charge is 0.323 e. The second-order valence-electron chi connectivity index (χ2n) is 6.28. The van der Waals surface area contributed by atoms with E-state index >= 15 is 0 Å². The molecule has 0 radical (unpaired) electrons. The number of hydrogen-bond acceptors (Lipinski definition) is 4. The lowest BCUT2D eigenvalue weighted by molar-refractivity contribution is 1.05. The molecule has 2 N–H and O–H groups in total. The second-order valence-corrected chi connectivity index (χ2v) is 7.20. The molecule has 0 spiro atoms. The van der Waals surface area contributed by atoms with Gasteiger partial charge in [-0.3, -0.25) is 5.10 Å². The van der Waals surface area contributed by atoms with E-state index in [0.717, 1.165) is 33.8 Å². The van der Waals surface area contributed by atoms with E-state index in [0.29, 0.717) is 0 Å². The van der Waals surface area contributed by atoms with Crippen molar-refractivity contribution in [3.63, 3.8) is 0 Å². The summed E-state index contributed by atoms with van der Waals surface area (Å²) in [5.74, 6) is 1.56. The zero-order chi connectivity index (χ0) is 17.5. The molecule has 0 saturated carbocycles. The molecular weight excluding hydrogens is 340 g/mol. The minimum atomic E-state index is 0.770. The molecule has 0 aliphatic heterocycles. The number of nitrogens with zero attached hydrogens (tertiary/aromatic N) is 2. The highest BCUT2D eigenvalue weighted by molar-refractivity contribution is 7.17. The van der Waals surface area contributed by atoms with Crippen LogP contribution < -0.4 is 5.32 Å². The standard InChI is InChI=1S/C21H16N4S/c1-13-10-20(25-24-13)22-19-11-14-6-2-3-7-15(14)21(23-19)17-12-26-18-9-5-4-8-16(17)18/h2-12H,1H3,(H2,22,23,24,25). The van der Waals surface area contributed by atoms with E-state index in [4.69, 9.17) is 4.98 Å². The van der Waals surface area contributed by atoms with Crippen LogP contribution in [0.15, 0.2) is 66.0 Å². The van der Waals surface area contributed by atoms with Gasteiger partial charge >= 0.3 is 0 Å². The molecule has 0 saturated heterocycles. The van der Waals surface area contributed by atoms with Gasteiger partial charge in [-0.05, 0) is 24.4 Å². The number of aromatic nitrogens is 3. The van der Waals surface area contributed by atoms with Gasteiger partial charge in [0.15, 0.2) is 5.82 Å². The molecule has 0 unspecified atom stereocenters. The number of rotatable bonds is 3. The fourth-order valence-electron chi connectivity index (χ4n) is 3.24. The minimum absolute atomic E-state index is 0.770. The van der Waals surface area contributed by atoms with Crippen molar-refractivity contribution in [2.45, 2.75) is 6.92 Å². The van der Waals surface area contributed by atoms with E-state index in [9.17, 15) is 0 Å². The fraction of sp³-hybridized carbons (Fsp3) is 0.0476. The maximum atomic E-state index is 4.94. The normalized spacial score (nSPS) is 11.3. The highest BCUT2D eigenvalue weighted by Gasteiger charge is 2.13. The van der Waals surface area contributed by atoms with Gasteiger partial charge in [0.1, 0.15) is 5.82 Å². The Kier molecular flexibility index (Phi) is 3.47. The van der Waals surface area contributed by atoms with E-state index in [1.165, 1.54) is 15.6 Å². The summed E-state index contributed by atoms with van der Waals surface area (Å²) in [5, 5.41) is 16.3. The molecule has 0 fully saturated rings. The first-order valence-electron chi connectivity index (χ1n) is 8.43. The summed E-state index contributed by atoms with van der Waals surface area (Å²) >= 11 is 1.75. The van der Waals surface area contributed by atoms with Crippen LogP contribution >= 0.6 is 11.3 Å². The summed E-state index contributed by atoms with van der Waals surface area (Å²) in [6.07, 6.45) is 0. The molecule has 0 aliphatic rings. The fourth-order valence-corrected chi connectivity index (χ4v) is 4.19. The number of aryl methyl sites for hydroxylation is 1. The summed E-state index contributed by atoms with van der Waals surface area (Å²) in [4.78, 5) is 4.94. The Labute approximate surface area is 154 Å². The molecule has 26 heavy (non-hydrogen) atoms. The Bertz CT molecular complexity index is 1240. The Morgan fingerprint density at radius 2 is 1.73 bits per heavy atom. The molecule has 0 aliphatic carbocycles. The Hall–Kier alpha value is -3.18. The molecule has 2 aromatic carbocycles. The van der Waals surface area contributed by atoms with Crippen molar-refractivity contribution >= 4 is 43.8 Å². The zero-order valence-electron chi connectivity index (χ0n) is 14.2. The van der Waals surface area contributed by atoms with Crippen molar-refractivity contribution < 1.29 is 0 Å². The van der Waals surface area contributed by atoms with Crippen molar-refractivity contribution in [2.75, 3.05) is 5.32 Å². The van der Waals surface area contributed by atoms with Gasteiger partial charge in [-0.15, -0.1) is 11.3 Å². The van der Waals surface area contributed by atoms with Crippen molar-refractivity contribution in [3.05, 3.63) is 71.7 Å². The van der Waals surface area contributed by atoms with E-state index in [1.54, 1.807) is 11.3 Å². The van der Waals surface area contributed by atoms with Crippen molar-refractivity contribution in [2.24, 2.45) is 0 Å². The molecule has 5 rings (SSSR count). The SMILES string of the molecule is Cc1cc(Nc2cc3ccccc3c(-c3csc4ccccc34)n2)n[nH]1. The second kappa shape index (κ2) is 5.97. The van der Waals surface area contributed by atoms with Crippen LogP contribution in [0.5, 0.6) is 0 Å². The number of anilines is 2. The number of aromatic amines is 1. The Morgan fingerprint density at radius 3 is 2.58 bits per heavy atom. The summed E-state index contributed by atoms with van der Waals surface area (Å²) in [5.41, 5.74) is 3.18. The maximum Gasteiger partial charge on any atom is 0.153 e. The molecule has 4 nitrogen and oxygen atoms in total. The monoisotopic (exact) mass is 356 g/mol. The average molecular weight is 356 g/mol. The van der Waals surface area contributed by atoms with Gasteiger partial charge in [-0.2, -0.15) is 5.10 Å². The van der Waals surface area contributed by atoms with Gasteiger partial charge < -0.3 is 5.32 Å². The molecular formula is C21H16N4S. The van der Waals surface area contributed by atoms with Crippen LogP contribution in [-0.4, -0.2) is 15.2 Å². The maximum absolute atomic E-state index is 4.94. The topological polar surface area (TPSA) is 53.6 Å². The smallest absolute Gasteiger partial charge is 0.153 e. The molecule has 5 heteroatoms. The summed E-state index contributed by atoms with van der Waals surface area (Å²) < 4.78 is 1.27. The number of hydrogen-bond donors (Lipinski definition) is 2. The summed E-state index contributed by atoms with van der Waals surface area (Å²) in [6, 6.07) is 20.9. The van der Waals surface area contributed by atoms with Gasteiger partial charge in [0.2, 0.25) is 0 Å². The number of benzene rings is 2. The third kappa shape index (κ3) is 2.53. The molecule has 3 aromatic heterocycles. The van der Waals surface area contributed by atoms with E-state index in [2.05, 4.69) is 75.5 Å². The molecule has 5 aromatic rings. The van der Waals surface area contributed by atoms with Crippen molar-refractivity contribution in [1.82, 2.24) is 15.2 Å². The van der Waals surface area contributed by atoms with Crippen LogP contribution in [-0.2, 0) is 0 Å². The van der Waals surface area contributed by atoms with E-state index < -0.39 is 0 Å². The van der Waals surface area contributed by atoms with Crippen LogP contribution in [0, 0.1) is 6.92 Å².